The summed E-state index contributed by atoms with van der Waals surface area (Å²) < 4.78 is 12.1. The van der Waals surface area contributed by atoms with Crippen LogP contribution in [0.1, 0.15) is 36.6 Å². The number of ether oxygens (including phenoxy) is 2. The number of nitrogens with one attached hydrogen (secondary N) is 2. The minimum absolute atomic E-state index is 0.157. The molecule has 31 heavy (non-hydrogen) atoms. The summed E-state index contributed by atoms with van der Waals surface area (Å²) in [5.41, 5.74) is 4.06. The Hall–Kier alpha value is -3.07. The van der Waals surface area contributed by atoms with E-state index in [1.165, 1.54) is 7.11 Å². The molecule has 3 aromatic rings. The molecule has 1 amide bonds. The number of hydrogen-bond acceptors (Lipinski definition) is 7. The van der Waals surface area contributed by atoms with Crippen LogP contribution in [0, 0.1) is 6.92 Å². The molecule has 2 heterocycles. The quantitative estimate of drug-likeness (QED) is 0.372. The number of hydrogen-bond donors (Lipinski definition) is 2. The largest absolute Gasteiger partial charge is 0.496 e. The topological polar surface area (TPSA) is 103 Å². The SMILES string of the molecule is CCCCNc1nc(NC(=O)OC)nc2c(C)nn(Cc3ccc(CCl)cc3OC)c12. The first-order valence-corrected chi connectivity index (χ1v) is 10.6. The van der Waals surface area contributed by atoms with Crippen LogP contribution in [-0.4, -0.2) is 46.6 Å². The summed E-state index contributed by atoms with van der Waals surface area (Å²) in [5, 5.41) is 10.6. The number of aromatic nitrogens is 4. The molecular weight excluding hydrogens is 420 g/mol. The predicted octanol–water partition coefficient (Wildman–Crippen LogP) is 4.32. The third-order valence-corrected chi connectivity index (χ3v) is 5.11. The Bertz CT molecular complexity index is 1070. The summed E-state index contributed by atoms with van der Waals surface area (Å²) in [4.78, 5) is 20.7. The lowest BCUT2D eigenvalue weighted by atomic mass is 10.1. The van der Waals surface area contributed by atoms with Gasteiger partial charge in [-0.15, -0.1) is 11.6 Å². The molecule has 0 radical (unpaired) electrons. The molecule has 0 saturated carbocycles. The Morgan fingerprint density at radius 1 is 1.26 bits per heavy atom. The van der Waals surface area contributed by atoms with E-state index in [9.17, 15) is 4.79 Å². The van der Waals surface area contributed by atoms with E-state index in [2.05, 4.69) is 37.4 Å². The number of carbonyl (C=O) groups is 1. The van der Waals surface area contributed by atoms with Crippen molar-refractivity contribution in [1.29, 1.82) is 0 Å². The number of carbonyl (C=O) groups excluding carboxylic acids is 1. The lowest BCUT2D eigenvalue weighted by Gasteiger charge is -2.13. The van der Waals surface area contributed by atoms with E-state index in [-0.39, 0.29) is 5.95 Å². The Morgan fingerprint density at radius 3 is 2.74 bits per heavy atom. The van der Waals surface area contributed by atoms with Gasteiger partial charge < -0.3 is 14.8 Å². The Morgan fingerprint density at radius 2 is 2.06 bits per heavy atom. The van der Waals surface area contributed by atoms with Crippen LogP contribution >= 0.6 is 11.6 Å². The fraction of sp³-hybridized carbons (Fsp3) is 0.429. The molecule has 0 atom stereocenters. The lowest BCUT2D eigenvalue weighted by Crippen LogP contribution is -2.15. The van der Waals surface area contributed by atoms with Gasteiger partial charge in [0.2, 0.25) is 5.95 Å². The number of anilines is 2. The molecule has 9 nitrogen and oxygen atoms in total. The molecule has 2 N–H and O–H groups in total. The van der Waals surface area contributed by atoms with Crippen LogP contribution in [-0.2, 0) is 17.2 Å². The van der Waals surface area contributed by atoms with Crippen LogP contribution in [0.25, 0.3) is 11.0 Å². The molecular formula is C21H27ClN6O3. The zero-order valence-corrected chi connectivity index (χ0v) is 18.9. The van der Waals surface area contributed by atoms with E-state index < -0.39 is 6.09 Å². The van der Waals surface area contributed by atoms with Gasteiger partial charge in [0.1, 0.15) is 16.8 Å². The van der Waals surface area contributed by atoms with Crippen molar-refractivity contribution in [2.45, 2.75) is 39.1 Å². The first-order valence-electron chi connectivity index (χ1n) is 10.1. The number of fused-ring (bicyclic) bond motifs is 1. The number of benzene rings is 1. The summed E-state index contributed by atoms with van der Waals surface area (Å²) in [6, 6.07) is 5.88. The molecule has 10 heteroatoms. The number of unbranched alkanes of at least 4 members (excludes halogenated alkanes) is 1. The highest BCUT2D eigenvalue weighted by molar-refractivity contribution is 6.17. The monoisotopic (exact) mass is 446 g/mol. The van der Waals surface area contributed by atoms with Crippen LogP contribution in [0.5, 0.6) is 5.75 Å². The Kier molecular flexibility index (Phi) is 7.51. The van der Waals surface area contributed by atoms with Crippen molar-refractivity contribution in [3.63, 3.8) is 0 Å². The van der Waals surface area contributed by atoms with Crippen LogP contribution < -0.4 is 15.4 Å². The van der Waals surface area contributed by atoms with E-state index in [4.69, 9.17) is 16.3 Å². The minimum atomic E-state index is -0.631. The summed E-state index contributed by atoms with van der Waals surface area (Å²) in [6.07, 6.45) is 1.39. The molecule has 0 aliphatic carbocycles. The summed E-state index contributed by atoms with van der Waals surface area (Å²) in [6.45, 7) is 5.19. The number of alkyl halides is 1. The van der Waals surface area contributed by atoms with E-state index in [0.717, 1.165) is 47.5 Å². The molecule has 0 fully saturated rings. The molecule has 0 aliphatic heterocycles. The van der Waals surface area contributed by atoms with E-state index >= 15 is 0 Å². The van der Waals surface area contributed by atoms with Crippen LogP contribution in [0.15, 0.2) is 18.2 Å². The van der Waals surface area contributed by atoms with Crippen LogP contribution in [0.2, 0.25) is 0 Å². The van der Waals surface area contributed by atoms with E-state index in [1.54, 1.807) is 7.11 Å². The lowest BCUT2D eigenvalue weighted by molar-refractivity contribution is 0.186. The third kappa shape index (κ3) is 5.16. The number of methoxy groups -OCH3 is 2. The maximum Gasteiger partial charge on any atom is 0.413 e. The second-order valence-electron chi connectivity index (χ2n) is 7.01. The molecule has 3 rings (SSSR count). The highest BCUT2D eigenvalue weighted by atomic mass is 35.5. The first-order chi connectivity index (χ1) is 15.0. The van der Waals surface area contributed by atoms with Gasteiger partial charge in [-0.2, -0.15) is 10.1 Å². The Balaban J connectivity index is 2.06. The normalized spacial score (nSPS) is 10.9. The average Bonchev–Trinajstić information content (AvgIpc) is 3.09. The number of nitrogens with zero attached hydrogens (tertiary/aromatic N) is 4. The van der Waals surface area contributed by atoms with Crippen molar-refractivity contribution in [2.75, 3.05) is 31.4 Å². The fourth-order valence-corrected chi connectivity index (χ4v) is 3.38. The minimum Gasteiger partial charge on any atom is -0.496 e. The van der Waals surface area contributed by atoms with Gasteiger partial charge in [-0.1, -0.05) is 25.5 Å². The fourth-order valence-electron chi connectivity index (χ4n) is 3.21. The number of halogens is 1. The van der Waals surface area contributed by atoms with Crippen molar-refractivity contribution in [2.24, 2.45) is 0 Å². The summed E-state index contributed by atoms with van der Waals surface area (Å²) in [7, 11) is 2.93. The number of rotatable bonds is 9. The standard InChI is InChI=1S/C21H27ClN6O3/c1-5-6-9-23-19-18-17(24-20(25-19)26-21(29)31-4)13(2)27-28(18)12-15-8-7-14(11-22)10-16(15)30-3/h7-8,10H,5-6,9,11-12H2,1-4H3,(H2,23,24,25,26,29). The van der Waals surface area contributed by atoms with Crippen molar-refractivity contribution in [1.82, 2.24) is 19.7 Å². The highest BCUT2D eigenvalue weighted by Gasteiger charge is 2.19. The van der Waals surface area contributed by atoms with Gasteiger partial charge in [0.25, 0.3) is 0 Å². The molecule has 0 unspecified atom stereocenters. The number of amides is 1. The maximum atomic E-state index is 11.7. The van der Waals surface area contributed by atoms with Gasteiger partial charge in [0, 0.05) is 18.0 Å². The van der Waals surface area contributed by atoms with Crippen molar-refractivity contribution < 1.29 is 14.3 Å². The average molecular weight is 447 g/mol. The van der Waals surface area contributed by atoms with E-state index in [1.807, 2.05) is 29.8 Å². The van der Waals surface area contributed by atoms with Gasteiger partial charge in [0.05, 0.1) is 26.5 Å². The molecule has 0 spiro atoms. The third-order valence-electron chi connectivity index (χ3n) is 4.80. The highest BCUT2D eigenvalue weighted by Crippen LogP contribution is 2.28. The molecule has 2 aromatic heterocycles. The van der Waals surface area contributed by atoms with Crippen molar-refractivity contribution >= 4 is 40.5 Å². The molecule has 166 valence electrons. The molecule has 1 aromatic carbocycles. The van der Waals surface area contributed by atoms with Crippen LogP contribution in [0.4, 0.5) is 16.6 Å². The molecule has 0 bridgehead atoms. The zero-order valence-electron chi connectivity index (χ0n) is 18.2. The van der Waals surface area contributed by atoms with Gasteiger partial charge in [-0.05, 0) is 25.0 Å². The van der Waals surface area contributed by atoms with E-state index in [0.29, 0.717) is 23.8 Å². The van der Waals surface area contributed by atoms with Crippen LogP contribution in [0.3, 0.4) is 0 Å². The maximum absolute atomic E-state index is 11.7. The Labute approximate surface area is 186 Å². The summed E-state index contributed by atoms with van der Waals surface area (Å²) >= 11 is 5.96. The predicted molar refractivity (Wildman–Crippen MR) is 121 cm³/mol. The van der Waals surface area contributed by atoms with Crippen molar-refractivity contribution in [3.05, 3.63) is 35.0 Å². The number of aryl methyl sites for hydroxylation is 1. The van der Waals surface area contributed by atoms with Gasteiger partial charge >= 0.3 is 6.09 Å². The van der Waals surface area contributed by atoms with Gasteiger partial charge in [0.15, 0.2) is 5.82 Å². The first kappa shape index (κ1) is 22.6. The van der Waals surface area contributed by atoms with Crippen molar-refractivity contribution in [3.8, 4) is 5.75 Å². The van der Waals surface area contributed by atoms with Gasteiger partial charge in [-0.25, -0.2) is 9.78 Å². The zero-order chi connectivity index (χ0) is 22.4. The smallest absolute Gasteiger partial charge is 0.413 e. The molecule has 0 saturated heterocycles. The van der Waals surface area contributed by atoms with Gasteiger partial charge in [-0.3, -0.25) is 10.00 Å². The molecule has 0 aliphatic rings. The second kappa shape index (κ2) is 10.3. The second-order valence-corrected chi connectivity index (χ2v) is 7.28. The summed E-state index contributed by atoms with van der Waals surface area (Å²) in [5.74, 6) is 1.91.